The maximum Gasteiger partial charge on any atom is 0.397 e. The zero-order valence-corrected chi connectivity index (χ0v) is 49.3. The summed E-state index contributed by atoms with van der Waals surface area (Å²) in [5, 5.41) is 61.6. The molecule has 8 aromatic carbocycles. The third-order valence-corrected chi connectivity index (χ3v) is 19.0. The van der Waals surface area contributed by atoms with Crippen LogP contribution in [0.3, 0.4) is 0 Å². The summed E-state index contributed by atoms with van der Waals surface area (Å²) in [5.41, 5.74) is 6.63. The van der Waals surface area contributed by atoms with E-state index in [0.29, 0.717) is 24.3 Å². The van der Waals surface area contributed by atoms with E-state index in [1.807, 2.05) is 0 Å². The van der Waals surface area contributed by atoms with Crippen LogP contribution in [0.5, 0.6) is 11.5 Å². The number of nitrogens with two attached hydrogens (primary N) is 2. The summed E-state index contributed by atoms with van der Waals surface area (Å²) in [7, 11) is -35.0. The molecule has 0 amide bonds. The lowest BCUT2D eigenvalue weighted by Crippen LogP contribution is -2.15. The molecule has 0 saturated carbocycles. The zero-order valence-electron chi connectivity index (χ0n) is 43.6. The number of hydrogen-bond acceptors (Lipinski definition) is 29. The number of phenols is 2. The number of rotatable bonds is 21. The van der Waals surface area contributed by atoms with Crippen LogP contribution in [-0.4, -0.2) is 109 Å². The minimum absolute atomic E-state index is 0.0999. The number of aromatic hydroxyl groups is 2. The Morgan fingerprint density at radius 3 is 1.34 bits per heavy atom. The van der Waals surface area contributed by atoms with Crippen LogP contribution < -0.4 is 16.2 Å². The highest BCUT2D eigenvalue weighted by atomic mass is 32.3. The quantitative estimate of drug-likeness (QED) is 0.0106. The molecule has 0 spiro atoms. The maximum absolute atomic E-state index is 13.5. The Balaban J connectivity index is 1.04. The highest BCUT2D eigenvalue weighted by Crippen LogP contribution is 2.50. The molecule has 0 saturated heterocycles. The van der Waals surface area contributed by atoms with Crippen LogP contribution >= 0.6 is 0 Å². The molecule has 89 heavy (non-hydrogen) atoms. The number of nitrogens with one attached hydrogen (secondary N) is 1. The van der Waals surface area contributed by atoms with Crippen molar-refractivity contribution in [3.63, 3.8) is 0 Å². The third kappa shape index (κ3) is 14.9. The normalized spacial score (nSPS) is 13.2. The molecule has 0 unspecified atom stereocenters. The Morgan fingerprint density at radius 2 is 0.876 bits per heavy atom. The second-order valence-electron chi connectivity index (χ2n) is 17.8. The van der Waals surface area contributed by atoms with Crippen LogP contribution in [0.25, 0.3) is 21.5 Å². The van der Waals surface area contributed by atoms with Crippen molar-refractivity contribution in [2.45, 2.75) is 29.4 Å². The second kappa shape index (κ2) is 24.2. The number of benzene rings is 8. The summed E-state index contributed by atoms with van der Waals surface area (Å²) in [4.78, 5) is 4.95. The van der Waals surface area contributed by atoms with Crippen LogP contribution in [0.4, 0.5) is 68.2 Å². The summed E-state index contributed by atoms with van der Waals surface area (Å²) >= 11 is 0. The van der Waals surface area contributed by atoms with Gasteiger partial charge in [0.1, 0.15) is 42.3 Å². The van der Waals surface area contributed by atoms with Gasteiger partial charge in [-0.2, -0.15) is 62.5 Å². The summed E-state index contributed by atoms with van der Waals surface area (Å²) in [6, 6.07) is 19.5. The number of nitrogen functional groups attached to an aromatic ring is 2. The standard InChI is InChI=1S/C46H36N12O24S7/c47-40-33(53-49-26-7-13-30(14-8-26)83(63,64)18-17-82-89(79,80)81)22-34(85(67,68)69)32-21-37(88(76,77)78)44(46(60)39(32)40)56-51-24-1-3-28(4-2-24)57-84(65,66)31-15-9-27(10-16-31)50-54-42-35(86(70,71)72)19-23-20-36(87(73,74)75)43(45(59)38(23)41(42)48)55-52-25-5-11-29(12-6-25)58(61)62/h1-16,19-22,57,59-60H,17-18,47-48H2,(H,67,68,69)(H,70,71,72)(H,73,74,75)(H,76,77,78)(H,79,80,81). The number of hydrogen-bond donors (Lipinski definition) is 10. The molecule has 36 nitrogen and oxygen atoms in total. The lowest BCUT2D eigenvalue weighted by Gasteiger charge is -2.14. The minimum Gasteiger partial charge on any atom is -0.505 e. The molecule has 0 heterocycles. The van der Waals surface area contributed by atoms with Crippen molar-refractivity contribution in [2.75, 3.05) is 28.5 Å². The van der Waals surface area contributed by atoms with Gasteiger partial charge < -0.3 is 21.7 Å². The number of azo groups is 4. The van der Waals surface area contributed by atoms with Crippen LogP contribution in [0, 0.1) is 10.1 Å². The van der Waals surface area contributed by atoms with Crippen molar-refractivity contribution in [1.29, 1.82) is 0 Å². The highest BCUT2D eigenvalue weighted by Gasteiger charge is 2.31. The van der Waals surface area contributed by atoms with Gasteiger partial charge in [-0.25, -0.2) is 21.0 Å². The van der Waals surface area contributed by atoms with Gasteiger partial charge in [-0.3, -0.25) is 37.6 Å². The number of sulfone groups is 1. The summed E-state index contributed by atoms with van der Waals surface area (Å²) in [6.07, 6.45) is 0. The Morgan fingerprint density at radius 1 is 0.472 bits per heavy atom. The molecule has 43 heteroatoms. The Kier molecular flexibility index (Phi) is 17.8. The summed E-state index contributed by atoms with van der Waals surface area (Å²) in [6.45, 7) is -0.928. The molecule has 0 aliphatic carbocycles. The maximum atomic E-state index is 13.5. The number of phenolic OH excluding ortho intramolecular Hbond substituents is 2. The molecule has 466 valence electrons. The van der Waals surface area contributed by atoms with E-state index in [2.05, 4.69) is 49.8 Å². The number of anilines is 3. The molecule has 8 aromatic rings. The average molecular weight is 1370 g/mol. The van der Waals surface area contributed by atoms with Gasteiger partial charge in [-0.15, -0.1) is 20.5 Å². The van der Waals surface area contributed by atoms with Gasteiger partial charge in [0, 0.05) is 23.2 Å². The van der Waals surface area contributed by atoms with Crippen LogP contribution in [-0.2, 0) is 74.9 Å². The lowest BCUT2D eigenvalue weighted by atomic mass is 10.0. The van der Waals surface area contributed by atoms with Crippen molar-refractivity contribution < 1.29 is 101 Å². The Labute approximate surface area is 500 Å². The van der Waals surface area contributed by atoms with Gasteiger partial charge in [0.15, 0.2) is 21.3 Å². The monoisotopic (exact) mass is 1360 g/mol. The van der Waals surface area contributed by atoms with Crippen molar-refractivity contribution >= 4 is 161 Å². The largest absolute Gasteiger partial charge is 0.505 e. The van der Waals surface area contributed by atoms with Gasteiger partial charge in [-0.05, 0) is 115 Å². The molecular weight excluding hydrogens is 1330 g/mol. The summed E-state index contributed by atoms with van der Waals surface area (Å²) < 4.78 is 230. The van der Waals surface area contributed by atoms with E-state index < -0.39 is 180 Å². The van der Waals surface area contributed by atoms with E-state index in [1.54, 1.807) is 0 Å². The van der Waals surface area contributed by atoms with E-state index in [0.717, 1.165) is 97.1 Å². The number of nitro benzene ring substituents is 1. The predicted octanol–water partition coefficient (Wildman–Crippen LogP) is 8.52. The van der Waals surface area contributed by atoms with E-state index in [4.69, 9.17) is 16.0 Å². The first-order valence-electron chi connectivity index (χ1n) is 23.5. The first-order chi connectivity index (χ1) is 41.2. The topological polar surface area (TPSA) is 596 Å². The van der Waals surface area contributed by atoms with E-state index >= 15 is 0 Å². The van der Waals surface area contributed by atoms with Gasteiger partial charge >= 0.3 is 10.4 Å². The van der Waals surface area contributed by atoms with Crippen LogP contribution in [0.2, 0.25) is 0 Å². The van der Waals surface area contributed by atoms with E-state index in [9.17, 15) is 97.5 Å². The first kappa shape index (κ1) is 65.5. The Bertz CT molecular complexity index is 5240. The van der Waals surface area contributed by atoms with E-state index in [-0.39, 0.29) is 39.0 Å². The molecule has 0 bridgehead atoms. The van der Waals surface area contributed by atoms with Gasteiger partial charge in [0.25, 0.3) is 56.2 Å². The molecule has 8 rings (SSSR count). The molecule has 0 aliphatic heterocycles. The molecule has 0 radical (unpaired) electrons. The molecule has 12 N–H and O–H groups in total. The van der Waals surface area contributed by atoms with Crippen molar-refractivity contribution in [2.24, 2.45) is 40.9 Å². The lowest BCUT2D eigenvalue weighted by molar-refractivity contribution is -0.384. The van der Waals surface area contributed by atoms with Crippen LogP contribution in [0.15, 0.2) is 192 Å². The average Bonchev–Trinajstić information content (AvgIpc) is 1.27. The fourth-order valence-corrected chi connectivity index (χ4v) is 13.1. The fourth-order valence-electron chi connectivity index (χ4n) is 7.87. The number of fused-ring (bicyclic) bond motifs is 2. The van der Waals surface area contributed by atoms with Crippen molar-refractivity contribution in [3.05, 3.63) is 131 Å². The zero-order chi connectivity index (χ0) is 65.6. The molecular formula is C46H36N12O24S7. The SMILES string of the molecule is Nc1c(N=Nc2ccc(S(=O)(=O)Nc3ccc(N=Nc4c(S(=O)(=O)O)cc5c(S(=O)(=O)O)cc(N=Nc6ccc(S(=O)(=O)CCOS(=O)(=O)O)cc6)c(N)c5c4O)cc3)cc2)c(S(=O)(=O)O)cc2cc(S(=O)(=O)O)c(N=Nc3ccc([N+](=O)[O-])cc3)c(O)c12. The molecule has 0 aromatic heterocycles. The van der Waals surface area contributed by atoms with E-state index in [1.165, 1.54) is 0 Å². The minimum atomic E-state index is -5.45. The van der Waals surface area contributed by atoms with Gasteiger partial charge in [0.2, 0.25) is 0 Å². The van der Waals surface area contributed by atoms with Gasteiger partial charge in [0.05, 0.1) is 72.0 Å². The summed E-state index contributed by atoms with van der Waals surface area (Å²) in [5.74, 6) is -3.24. The fraction of sp³-hybridized carbons (Fsp3) is 0.0435. The molecule has 0 fully saturated rings. The third-order valence-electron chi connectivity index (χ3n) is 11.9. The van der Waals surface area contributed by atoms with Crippen molar-refractivity contribution in [1.82, 2.24) is 0 Å². The van der Waals surface area contributed by atoms with Gasteiger partial charge in [-0.1, -0.05) is 0 Å². The Hall–Kier alpha value is -9.51. The second-order valence-corrected chi connectivity index (χ2v) is 28.2. The van der Waals surface area contributed by atoms with Crippen molar-refractivity contribution in [3.8, 4) is 11.5 Å². The molecule has 0 aliphatic rings. The van der Waals surface area contributed by atoms with Crippen LogP contribution in [0.1, 0.15) is 0 Å². The smallest absolute Gasteiger partial charge is 0.397 e. The highest BCUT2D eigenvalue weighted by molar-refractivity contribution is 7.92. The first-order valence-corrected chi connectivity index (χ1v) is 33.7. The predicted molar refractivity (Wildman–Crippen MR) is 309 cm³/mol. The number of nitro groups is 1. The number of nitrogens with zero attached hydrogens (tertiary/aromatic N) is 9. The number of non-ortho nitro benzene ring substituents is 1. The number of sulfonamides is 1. The molecule has 0 atom stereocenters.